The molecule has 0 radical (unpaired) electrons. The monoisotopic (exact) mass is 253 g/mol. The van der Waals surface area contributed by atoms with Crippen LogP contribution in [0.4, 0.5) is 4.79 Å². The Morgan fingerprint density at radius 3 is 2.44 bits per heavy atom. The molecule has 18 heavy (non-hydrogen) atoms. The Morgan fingerprint density at radius 1 is 1.17 bits per heavy atom. The minimum absolute atomic E-state index is 0.0654. The molecule has 2 fully saturated rings. The van der Waals surface area contributed by atoms with Crippen molar-refractivity contribution in [1.29, 1.82) is 0 Å². The van der Waals surface area contributed by atoms with Crippen LogP contribution in [0, 0.1) is 11.8 Å². The zero-order chi connectivity index (χ0) is 13.0. The zero-order valence-electron chi connectivity index (χ0n) is 11.0. The van der Waals surface area contributed by atoms with Crippen molar-refractivity contribution in [3.05, 3.63) is 0 Å². The molecular formula is C13H23N3O2. The maximum atomic E-state index is 11.6. The van der Waals surface area contributed by atoms with E-state index in [9.17, 15) is 9.59 Å². The third kappa shape index (κ3) is 4.20. The molecule has 0 aromatic rings. The van der Waals surface area contributed by atoms with E-state index >= 15 is 0 Å². The lowest BCUT2D eigenvalue weighted by molar-refractivity contribution is -0.120. The molecule has 1 atom stereocenters. The van der Waals surface area contributed by atoms with E-state index in [1.54, 1.807) is 0 Å². The van der Waals surface area contributed by atoms with Crippen molar-refractivity contribution in [1.82, 2.24) is 16.0 Å². The largest absolute Gasteiger partial charge is 0.354 e. The van der Waals surface area contributed by atoms with E-state index in [1.165, 1.54) is 32.1 Å². The quantitative estimate of drug-likeness (QED) is 0.661. The predicted molar refractivity (Wildman–Crippen MR) is 69.1 cm³/mol. The Morgan fingerprint density at radius 2 is 1.89 bits per heavy atom. The standard InChI is InChI=1S/C13H23N3O2/c1-9(11-3-2-4-11)16-13(18)15-8-12(17)14-7-10-5-6-10/h9-11H,2-8H2,1H3,(H,14,17)(H2,15,16,18)/t9-/m1/s1. The van der Waals surface area contributed by atoms with Gasteiger partial charge >= 0.3 is 6.03 Å². The number of hydrogen-bond donors (Lipinski definition) is 3. The number of urea groups is 1. The molecule has 2 saturated carbocycles. The molecule has 102 valence electrons. The summed E-state index contributed by atoms with van der Waals surface area (Å²) in [5, 5.41) is 8.30. The van der Waals surface area contributed by atoms with Gasteiger partial charge in [-0.1, -0.05) is 6.42 Å². The molecule has 5 heteroatoms. The summed E-state index contributed by atoms with van der Waals surface area (Å²) in [6, 6.07) is -0.0377. The van der Waals surface area contributed by atoms with Crippen LogP contribution in [0.1, 0.15) is 39.0 Å². The maximum Gasteiger partial charge on any atom is 0.315 e. The number of amides is 3. The van der Waals surface area contributed by atoms with Crippen LogP contribution in [0.25, 0.3) is 0 Å². The van der Waals surface area contributed by atoms with E-state index in [1.807, 2.05) is 6.92 Å². The minimum atomic E-state index is -0.240. The number of hydrogen-bond acceptors (Lipinski definition) is 2. The first-order valence-corrected chi connectivity index (χ1v) is 6.96. The van der Waals surface area contributed by atoms with Gasteiger partial charge in [-0.15, -0.1) is 0 Å². The second-order valence-corrected chi connectivity index (χ2v) is 5.55. The Labute approximate surface area is 108 Å². The second-order valence-electron chi connectivity index (χ2n) is 5.55. The first-order valence-electron chi connectivity index (χ1n) is 6.96. The van der Waals surface area contributed by atoms with E-state index in [0.29, 0.717) is 11.8 Å². The van der Waals surface area contributed by atoms with Crippen molar-refractivity contribution in [2.45, 2.75) is 45.1 Å². The molecule has 0 aromatic heterocycles. The van der Waals surface area contributed by atoms with Crippen LogP contribution in [0.2, 0.25) is 0 Å². The summed E-state index contributed by atoms with van der Waals surface area (Å²) in [7, 11) is 0. The lowest BCUT2D eigenvalue weighted by Crippen LogP contribution is -2.48. The second kappa shape index (κ2) is 6.07. The Balaban J connectivity index is 1.53. The fourth-order valence-electron chi connectivity index (χ4n) is 2.12. The summed E-state index contributed by atoms with van der Waals surface area (Å²) in [5.41, 5.74) is 0. The smallest absolute Gasteiger partial charge is 0.315 e. The number of nitrogens with one attached hydrogen (secondary N) is 3. The highest BCUT2D eigenvalue weighted by molar-refractivity contribution is 5.83. The summed E-state index contributed by atoms with van der Waals surface area (Å²) >= 11 is 0. The van der Waals surface area contributed by atoms with Gasteiger partial charge in [0.1, 0.15) is 0 Å². The van der Waals surface area contributed by atoms with Crippen molar-refractivity contribution in [3.63, 3.8) is 0 Å². The molecule has 0 bridgehead atoms. The zero-order valence-corrected chi connectivity index (χ0v) is 11.0. The van der Waals surface area contributed by atoms with Crippen LogP contribution in [-0.2, 0) is 4.79 Å². The van der Waals surface area contributed by atoms with E-state index in [4.69, 9.17) is 0 Å². The molecule has 2 rings (SSSR count). The van der Waals surface area contributed by atoms with Crippen LogP contribution in [-0.4, -0.2) is 31.1 Å². The minimum Gasteiger partial charge on any atom is -0.354 e. The summed E-state index contributed by atoms with van der Waals surface area (Å²) in [4.78, 5) is 23.0. The summed E-state index contributed by atoms with van der Waals surface area (Å²) in [6.07, 6.45) is 6.09. The van der Waals surface area contributed by atoms with Gasteiger partial charge in [0.15, 0.2) is 0 Å². The molecular weight excluding hydrogens is 230 g/mol. The van der Waals surface area contributed by atoms with Gasteiger partial charge in [0.05, 0.1) is 6.54 Å². The van der Waals surface area contributed by atoms with Gasteiger partial charge in [-0.25, -0.2) is 4.79 Å². The molecule has 0 saturated heterocycles. The molecule has 0 aromatic carbocycles. The Kier molecular flexibility index (Phi) is 4.44. The van der Waals surface area contributed by atoms with Gasteiger partial charge in [0, 0.05) is 12.6 Å². The third-order valence-corrected chi connectivity index (χ3v) is 3.91. The SMILES string of the molecule is C[C@@H](NC(=O)NCC(=O)NCC1CC1)C1CCC1. The average molecular weight is 253 g/mol. The van der Waals surface area contributed by atoms with E-state index in [2.05, 4.69) is 16.0 Å². The van der Waals surface area contributed by atoms with E-state index in [-0.39, 0.29) is 24.5 Å². The van der Waals surface area contributed by atoms with Crippen LogP contribution < -0.4 is 16.0 Å². The first kappa shape index (κ1) is 13.2. The van der Waals surface area contributed by atoms with Gasteiger partial charge < -0.3 is 16.0 Å². The molecule has 0 unspecified atom stereocenters. The van der Waals surface area contributed by atoms with Gasteiger partial charge in [-0.2, -0.15) is 0 Å². The average Bonchev–Trinajstić information content (AvgIpc) is 3.04. The van der Waals surface area contributed by atoms with Crippen LogP contribution >= 0.6 is 0 Å². The first-order chi connectivity index (χ1) is 8.65. The summed E-state index contributed by atoms with van der Waals surface area (Å²) < 4.78 is 0. The Bertz CT molecular complexity index is 311. The molecule has 0 aliphatic heterocycles. The van der Waals surface area contributed by atoms with Gasteiger partial charge in [-0.3, -0.25) is 4.79 Å². The molecule has 0 heterocycles. The highest BCUT2D eigenvalue weighted by atomic mass is 16.2. The highest BCUT2D eigenvalue weighted by Crippen LogP contribution is 2.29. The van der Waals surface area contributed by atoms with Crippen LogP contribution in [0.15, 0.2) is 0 Å². The molecule has 3 N–H and O–H groups in total. The molecule has 2 aliphatic rings. The van der Waals surface area contributed by atoms with Gasteiger partial charge in [-0.05, 0) is 44.4 Å². The summed E-state index contributed by atoms with van der Waals surface area (Å²) in [5.74, 6) is 1.18. The highest BCUT2D eigenvalue weighted by Gasteiger charge is 2.25. The molecule has 2 aliphatic carbocycles. The molecule has 3 amide bonds. The number of carbonyl (C=O) groups is 2. The van der Waals surface area contributed by atoms with Crippen molar-refractivity contribution in [2.24, 2.45) is 11.8 Å². The van der Waals surface area contributed by atoms with Crippen molar-refractivity contribution in [3.8, 4) is 0 Å². The van der Waals surface area contributed by atoms with Crippen LogP contribution in [0.3, 0.4) is 0 Å². The van der Waals surface area contributed by atoms with E-state index in [0.717, 1.165) is 6.54 Å². The van der Waals surface area contributed by atoms with Gasteiger partial charge in [0.2, 0.25) is 5.91 Å². The fourth-order valence-corrected chi connectivity index (χ4v) is 2.12. The van der Waals surface area contributed by atoms with Crippen molar-refractivity contribution < 1.29 is 9.59 Å². The normalized spacial score (nSPS) is 20.7. The topological polar surface area (TPSA) is 70.2 Å². The lowest BCUT2D eigenvalue weighted by Gasteiger charge is -2.31. The van der Waals surface area contributed by atoms with Crippen molar-refractivity contribution >= 4 is 11.9 Å². The van der Waals surface area contributed by atoms with Gasteiger partial charge in [0.25, 0.3) is 0 Å². The van der Waals surface area contributed by atoms with E-state index < -0.39 is 0 Å². The molecule has 0 spiro atoms. The lowest BCUT2D eigenvalue weighted by atomic mass is 9.80. The third-order valence-electron chi connectivity index (χ3n) is 3.91. The molecule has 5 nitrogen and oxygen atoms in total. The maximum absolute atomic E-state index is 11.6. The predicted octanol–water partition coefficient (Wildman–Crippen LogP) is 1.00. The summed E-state index contributed by atoms with van der Waals surface area (Å²) in [6.45, 7) is 2.84. The fraction of sp³-hybridized carbons (Fsp3) is 0.846. The number of rotatable bonds is 6. The van der Waals surface area contributed by atoms with Crippen LogP contribution in [0.5, 0.6) is 0 Å². The number of carbonyl (C=O) groups excluding carboxylic acids is 2. The Hall–Kier alpha value is -1.26. The van der Waals surface area contributed by atoms with Crippen molar-refractivity contribution in [2.75, 3.05) is 13.1 Å².